The summed E-state index contributed by atoms with van der Waals surface area (Å²) >= 11 is 12.0. The summed E-state index contributed by atoms with van der Waals surface area (Å²) in [6, 6.07) is 11.0. The van der Waals surface area contributed by atoms with Crippen molar-refractivity contribution in [2.45, 2.75) is 6.61 Å². The number of nitrogens with zero attached hydrogens (tertiary/aromatic N) is 3. The summed E-state index contributed by atoms with van der Waals surface area (Å²) in [4.78, 5) is 14.3. The Kier molecular flexibility index (Phi) is 4.64. The Morgan fingerprint density at radius 1 is 1.17 bits per heavy atom. The summed E-state index contributed by atoms with van der Waals surface area (Å²) in [5.41, 5.74) is 0.522. The molecule has 0 saturated heterocycles. The van der Waals surface area contributed by atoms with Gasteiger partial charge in [-0.2, -0.15) is 4.98 Å². The minimum atomic E-state index is -0.538. The molecule has 0 saturated carbocycles. The van der Waals surface area contributed by atoms with Crippen LogP contribution in [0.15, 0.2) is 47.0 Å². The molecular formula is C15H9Cl2N3O4. The molecule has 9 heteroatoms. The number of rotatable bonds is 5. The van der Waals surface area contributed by atoms with Crippen molar-refractivity contribution < 1.29 is 14.2 Å². The Morgan fingerprint density at radius 2 is 1.96 bits per heavy atom. The van der Waals surface area contributed by atoms with E-state index >= 15 is 0 Å². The fourth-order valence-electron chi connectivity index (χ4n) is 1.93. The maximum atomic E-state index is 10.7. The fraction of sp³-hybridized carbons (Fsp3) is 0.0667. The molecular weight excluding hydrogens is 357 g/mol. The predicted octanol–water partition coefficient (Wildman–Crippen LogP) is 4.53. The molecule has 0 spiro atoms. The first-order chi connectivity index (χ1) is 11.5. The van der Waals surface area contributed by atoms with Crippen LogP contribution >= 0.6 is 23.2 Å². The summed E-state index contributed by atoms with van der Waals surface area (Å²) in [6.45, 7) is -0.0328. The van der Waals surface area contributed by atoms with Crippen molar-refractivity contribution in [1.29, 1.82) is 0 Å². The van der Waals surface area contributed by atoms with Crippen LogP contribution in [0.5, 0.6) is 5.75 Å². The summed E-state index contributed by atoms with van der Waals surface area (Å²) in [5, 5.41) is 15.1. The standard InChI is InChI=1S/C15H9Cl2N3O4/c16-11-4-2-1-3-10(11)15-18-14(24-19-15)8-23-13-6-5-9(20(21)22)7-12(13)17/h1-7H,8H2. The second-order valence-electron chi connectivity index (χ2n) is 4.65. The van der Waals surface area contributed by atoms with Gasteiger partial charge in [0.05, 0.1) is 15.0 Å². The maximum absolute atomic E-state index is 10.7. The number of aromatic nitrogens is 2. The average molecular weight is 366 g/mol. The monoisotopic (exact) mass is 365 g/mol. The van der Waals surface area contributed by atoms with Gasteiger partial charge >= 0.3 is 0 Å². The molecule has 0 aliphatic heterocycles. The van der Waals surface area contributed by atoms with E-state index in [9.17, 15) is 10.1 Å². The molecule has 2 aromatic carbocycles. The zero-order valence-electron chi connectivity index (χ0n) is 12.0. The number of benzene rings is 2. The lowest BCUT2D eigenvalue weighted by Crippen LogP contribution is -1.97. The molecule has 1 heterocycles. The lowest BCUT2D eigenvalue weighted by atomic mass is 10.2. The smallest absolute Gasteiger partial charge is 0.271 e. The number of nitro benzene ring substituents is 1. The van der Waals surface area contributed by atoms with Crippen molar-refractivity contribution in [3.63, 3.8) is 0 Å². The second kappa shape index (κ2) is 6.86. The number of halogens is 2. The highest BCUT2D eigenvalue weighted by Crippen LogP contribution is 2.29. The van der Waals surface area contributed by atoms with Crippen LogP contribution in [-0.4, -0.2) is 15.1 Å². The lowest BCUT2D eigenvalue weighted by Gasteiger charge is -2.04. The first kappa shape index (κ1) is 16.2. The average Bonchev–Trinajstić information content (AvgIpc) is 3.02. The third-order valence-electron chi connectivity index (χ3n) is 3.06. The Balaban J connectivity index is 1.72. The van der Waals surface area contributed by atoms with Gasteiger partial charge in [-0.15, -0.1) is 0 Å². The molecule has 0 fully saturated rings. The predicted molar refractivity (Wildman–Crippen MR) is 87.2 cm³/mol. The zero-order valence-corrected chi connectivity index (χ0v) is 13.5. The van der Waals surface area contributed by atoms with E-state index in [0.717, 1.165) is 0 Å². The molecule has 3 rings (SSSR count). The SMILES string of the molecule is O=[N+]([O-])c1ccc(OCc2nc(-c3ccccc3Cl)no2)c(Cl)c1. The van der Waals surface area contributed by atoms with E-state index in [0.29, 0.717) is 16.4 Å². The summed E-state index contributed by atoms with van der Waals surface area (Å²) in [7, 11) is 0. The van der Waals surface area contributed by atoms with E-state index < -0.39 is 4.92 Å². The largest absolute Gasteiger partial charge is 0.482 e. The van der Waals surface area contributed by atoms with Gasteiger partial charge in [0.25, 0.3) is 11.6 Å². The zero-order chi connectivity index (χ0) is 17.1. The quantitative estimate of drug-likeness (QED) is 0.487. The van der Waals surface area contributed by atoms with E-state index in [1.54, 1.807) is 18.2 Å². The first-order valence-electron chi connectivity index (χ1n) is 6.69. The van der Waals surface area contributed by atoms with Gasteiger partial charge in [0.15, 0.2) is 6.61 Å². The summed E-state index contributed by atoms with van der Waals surface area (Å²) in [6.07, 6.45) is 0. The highest BCUT2D eigenvalue weighted by Gasteiger charge is 2.14. The van der Waals surface area contributed by atoms with Gasteiger partial charge < -0.3 is 9.26 Å². The second-order valence-corrected chi connectivity index (χ2v) is 5.47. The molecule has 1 aromatic heterocycles. The molecule has 7 nitrogen and oxygen atoms in total. The van der Waals surface area contributed by atoms with Crippen LogP contribution in [0.25, 0.3) is 11.4 Å². The van der Waals surface area contributed by atoms with Gasteiger partial charge in [0.2, 0.25) is 5.82 Å². The fourth-order valence-corrected chi connectivity index (χ4v) is 2.37. The molecule has 0 radical (unpaired) electrons. The highest BCUT2D eigenvalue weighted by molar-refractivity contribution is 6.33. The van der Waals surface area contributed by atoms with E-state index in [-0.39, 0.29) is 29.0 Å². The summed E-state index contributed by atoms with van der Waals surface area (Å²) in [5.74, 6) is 0.841. The number of ether oxygens (including phenoxy) is 1. The van der Waals surface area contributed by atoms with Gasteiger partial charge in [-0.25, -0.2) is 0 Å². The molecule has 0 unspecified atom stereocenters. The molecule has 24 heavy (non-hydrogen) atoms. The Labute approximate surface area is 145 Å². The van der Waals surface area contributed by atoms with Crippen LogP contribution in [0.4, 0.5) is 5.69 Å². The number of non-ortho nitro benzene ring substituents is 1. The molecule has 0 atom stereocenters. The molecule has 0 N–H and O–H groups in total. The van der Waals surface area contributed by atoms with E-state index in [4.69, 9.17) is 32.5 Å². The van der Waals surface area contributed by atoms with Gasteiger partial charge in [0, 0.05) is 17.7 Å². The van der Waals surface area contributed by atoms with E-state index in [1.807, 2.05) is 6.07 Å². The van der Waals surface area contributed by atoms with Crippen molar-refractivity contribution in [1.82, 2.24) is 10.1 Å². The minimum absolute atomic E-state index is 0.0328. The van der Waals surface area contributed by atoms with Crippen LogP contribution in [0.3, 0.4) is 0 Å². The van der Waals surface area contributed by atoms with Gasteiger partial charge in [-0.3, -0.25) is 10.1 Å². The number of hydrogen-bond acceptors (Lipinski definition) is 6. The molecule has 0 aliphatic carbocycles. The van der Waals surface area contributed by atoms with Crippen LogP contribution in [0, 0.1) is 10.1 Å². The molecule has 122 valence electrons. The van der Waals surface area contributed by atoms with Gasteiger partial charge in [-0.05, 0) is 18.2 Å². The third-order valence-corrected chi connectivity index (χ3v) is 3.69. The topological polar surface area (TPSA) is 91.3 Å². The Bertz CT molecular complexity index is 898. The van der Waals surface area contributed by atoms with Crippen molar-refractivity contribution >= 4 is 28.9 Å². The molecule has 0 bridgehead atoms. The van der Waals surface area contributed by atoms with Crippen LogP contribution in [0.1, 0.15) is 5.89 Å². The molecule has 3 aromatic rings. The Morgan fingerprint density at radius 3 is 2.67 bits per heavy atom. The normalized spacial score (nSPS) is 10.6. The minimum Gasteiger partial charge on any atom is -0.482 e. The van der Waals surface area contributed by atoms with E-state index in [2.05, 4.69) is 10.1 Å². The van der Waals surface area contributed by atoms with Crippen molar-refractivity contribution in [3.8, 4) is 17.1 Å². The highest BCUT2D eigenvalue weighted by atomic mass is 35.5. The van der Waals surface area contributed by atoms with Crippen molar-refractivity contribution in [2.24, 2.45) is 0 Å². The van der Waals surface area contributed by atoms with Crippen molar-refractivity contribution in [3.05, 3.63) is 68.5 Å². The van der Waals surface area contributed by atoms with Gasteiger partial charge in [-0.1, -0.05) is 40.5 Å². The molecule has 0 amide bonds. The first-order valence-corrected chi connectivity index (χ1v) is 7.44. The van der Waals surface area contributed by atoms with Crippen molar-refractivity contribution in [2.75, 3.05) is 0 Å². The number of nitro groups is 1. The van der Waals surface area contributed by atoms with Crippen LogP contribution < -0.4 is 4.74 Å². The lowest BCUT2D eigenvalue weighted by molar-refractivity contribution is -0.384. The van der Waals surface area contributed by atoms with Crippen LogP contribution in [0.2, 0.25) is 10.0 Å². The van der Waals surface area contributed by atoms with Crippen LogP contribution in [-0.2, 0) is 6.61 Å². The molecule has 0 aliphatic rings. The maximum Gasteiger partial charge on any atom is 0.271 e. The van der Waals surface area contributed by atoms with E-state index in [1.165, 1.54) is 18.2 Å². The summed E-state index contributed by atoms with van der Waals surface area (Å²) < 4.78 is 10.6. The number of hydrogen-bond donors (Lipinski definition) is 0. The Hall–Kier alpha value is -2.64. The van der Waals surface area contributed by atoms with Gasteiger partial charge in [0.1, 0.15) is 5.75 Å². The third kappa shape index (κ3) is 3.47.